The van der Waals surface area contributed by atoms with Gasteiger partial charge in [-0.2, -0.15) is 0 Å². The first-order valence-electron chi connectivity index (χ1n) is 16.5. The number of ether oxygens (including phenoxy) is 3. The number of aliphatic hydroxyl groups excluding tert-OH is 1. The monoisotopic (exact) mass is 714 g/mol. The van der Waals surface area contributed by atoms with Crippen molar-refractivity contribution in [2.45, 2.75) is 83.1 Å². The molecular weight excluding hydrogens is 680 g/mol. The molecule has 0 spiro atoms. The molecule has 3 aromatic rings. The fourth-order valence-corrected chi connectivity index (χ4v) is 9.03. The summed E-state index contributed by atoms with van der Waals surface area (Å²) in [5.74, 6) is -8.08. The molecule has 14 nitrogen and oxygen atoms in total. The normalized spacial score (nSPS) is 28.1. The van der Waals surface area contributed by atoms with Crippen molar-refractivity contribution in [1.82, 2.24) is 0 Å². The van der Waals surface area contributed by atoms with Crippen molar-refractivity contribution in [2.24, 2.45) is 5.92 Å². The van der Waals surface area contributed by atoms with Crippen LogP contribution in [0.3, 0.4) is 0 Å². The number of aromatic hydroxyl groups is 3. The number of Topliss-reactive ketones (excluding diaryl/α,β-unsaturated/α-hetero) is 2. The average molecular weight is 715 g/mol. The number of epoxide rings is 1. The quantitative estimate of drug-likeness (QED) is 0.148. The minimum Gasteiger partial charge on any atom is -0.507 e. The maximum atomic E-state index is 14.3. The van der Waals surface area contributed by atoms with Gasteiger partial charge >= 0.3 is 11.9 Å². The molecular formula is C38H34O14. The van der Waals surface area contributed by atoms with Crippen LogP contribution in [0.5, 0.6) is 17.2 Å². The van der Waals surface area contributed by atoms with Crippen LogP contribution in [0.4, 0.5) is 0 Å². The summed E-state index contributed by atoms with van der Waals surface area (Å²) >= 11 is 0. The topological polar surface area (TPSA) is 235 Å². The average Bonchev–Trinajstić information content (AvgIpc) is 3.74. The van der Waals surface area contributed by atoms with Gasteiger partial charge in [0, 0.05) is 59.2 Å². The lowest BCUT2D eigenvalue weighted by atomic mass is 9.56. The number of fused-ring (bicyclic) bond motifs is 3. The van der Waals surface area contributed by atoms with Gasteiger partial charge in [-0.1, -0.05) is 6.07 Å². The van der Waals surface area contributed by atoms with E-state index >= 15 is 0 Å². The maximum Gasteiger partial charge on any atom is 0.303 e. The van der Waals surface area contributed by atoms with E-state index in [2.05, 4.69) is 0 Å². The first-order valence-corrected chi connectivity index (χ1v) is 16.5. The number of esters is 2. The highest BCUT2D eigenvalue weighted by Crippen LogP contribution is 2.71. The number of hydrogen-bond donors (Lipinski definition) is 5. The predicted molar refractivity (Wildman–Crippen MR) is 176 cm³/mol. The standard InChI is InChI=1S/C38H34O14/c1-13-11-22(41)27-28(24(13)14(2)50-16(4)39)31(45)20-9-7-18(29(43)25(20)32(27)46)19-8-10-21-26(30(19)44)35(48)37-23(42)12-36(6,49)33(15(3)51-17(5)40)38(37,52-37)34(21)47/h7-11,14-15,33,35,41,43-44,48-49H,12H2,1-6H3/t14-,15-,33+,35-,36+,37-,38+/m1/s1. The summed E-state index contributed by atoms with van der Waals surface area (Å²) in [7, 11) is 0. The molecule has 0 bridgehead atoms. The van der Waals surface area contributed by atoms with E-state index in [9.17, 15) is 54.3 Å². The molecule has 0 amide bonds. The van der Waals surface area contributed by atoms with E-state index in [0.717, 1.165) is 6.92 Å². The number of phenols is 3. The molecule has 0 aromatic heterocycles. The van der Waals surface area contributed by atoms with Crippen molar-refractivity contribution in [2.75, 3.05) is 0 Å². The van der Waals surface area contributed by atoms with Crippen LogP contribution in [0.25, 0.3) is 11.1 Å². The number of carbonyl (C=O) groups is 6. The number of benzene rings is 3. The van der Waals surface area contributed by atoms with E-state index < -0.39 is 116 Å². The van der Waals surface area contributed by atoms with Crippen molar-refractivity contribution < 1.29 is 68.5 Å². The van der Waals surface area contributed by atoms with Crippen molar-refractivity contribution in [3.8, 4) is 28.4 Å². The molecule has 1 saturated carbocycles. The van der Waals surface area contributed by atoms with Crippen LogP contribution in [0.15, 0.2) is 30.3 Å². The zero-order chi connectivity index (χ0) is 38.1. The van der Waals surface area contributed by atoms with E-state index in [1.165, 1.54) is 58.0 Å². The Hall–Kier alpha value is -5.44. The van der Waals surface area contributed by atoms with E-state index in [1.807, 2.05) is 0 Å². The lowest BCUT2D eigenvalue weighted by Gasteiger charge is -2.46. The number of ketones is 4. The maximum absolute atomic E-state index is 14.3. The summed E-state index contributed by atoms with van der Waals surface area (Å²) in [5.41, 5.74) is -8.13. The molecule has 4 aliphatic rings. The highest BCUT2D eigenvalue weighted by molar-refractivity contribution is 6.31. The number of hydrogen-bond acceptors (Lipinski definition) is 14. The Kier molecular flexibility index (Phi) is 7.42. The second-order valence-corrected chi connectivity index (χ2v) is 14.1. The molecule has 2 fully saturated rings. The van der Waals surface area contributed by atoms with Gasteiger partial charge in [-0.05, 0) is 57.5 Å². The van der Waals surface area contributed by atoms with Crippen LogP contribution in [-0.2, 0) is 28.6 Å². The lowest BCUT2D eigenvalue weighted by Crippen LogP contribution is -2.65. The fraction of sp³-hybridized carbons (Fsp3) is 0.368. The smallest absolute Gasteiger partial charge is 0.303 e. The van der Waals surface area contributed by atoms with Crippen LogP contribution in [0.1, 0.15) is 112 Å². The SMILES string of the molecule is CC(=O)O[C@H](C)c1c(C)cc(O)c2c1C(=O)c1ccc(-c3ccc4c(c3O)[C@@H](O)[C@@]35O[C@]3(C4=O)[C@@H]([C@@H](C)OC(C)=O)[C@@](C)(O)CC5=O)c(O)c1C2=O. The van der Waals surface area contributed by atoms with Gasteiger partial charge in [0.05, 0.1) is 22.6 Å². The number of rotatable bonds is 5. The molecule has 270 valence electrons. The summed E-state index contributed by atoms with van der Waals surface area (Å²) < 4.78 is 16.5. The van der Waals surface area contributed by atoms with Crippen LogP contribution >= 0.6 is 0 Å². The van der Waals surface area contributed by atoms with Gasteiger partial charge in [0.2, 0.25) is 5.78 Å². The van der Waals surface area contributed by atoms with E-state index in [4.69, 9.17) is 14.2 Å². The van der Waals surface area contributed by atoms with Crippen molar-refractivity contribution in [1.29, 1.82) is 0 Å². The summed E-state index contributed by atoms with van der Waals surface area (Å²) in [6.45, 7) is 8.13. The number of aryl methyl sites for hydroxylation is 1. The van der Waals surface area contributed by atoms with Crippen LogP contribution < -0.4 is 0 Å². The van der Waals surface area contributed by atoms with Crippen LogP contribution in [-0.4, -0.2) is 83.5 Å². The Morgan fingerprint density at radius 2 is 1.40 bits per heavy atom. The molecule has 0 radical (unpaired) electrons. The molecule has 3 aliphatic carbocycles. The van der Waals surface area contributed by atoms with E-state index in [0.29, 0.717) is 5.56 Å². The molecule has 7 rings (SSSR count). The zero-order valence-corrected chi connectivity index (χ0v) is 28.8. The molecule has 0 unspecified atom stereocenters. The van der Waals surface area contributed by atoms with Gasteiger partial charge in [-0.3, -0.25) is 28.8 Å². The molecule has 5 N–H and O–H groups in total. The third-order valence-corrected chi connectivity index (χ3v) is 10.8. The van der Waals surface area contributed by atoms with Gasteiger partial charge in [-0.25, -0.2) is 0 Å². The Bertz CT molecular complexity index is 2230. The molecule has 52 heavy (non-hydrogen) atoms. The Balaban J connectivity index is 1.36. The third kappa shape index (κ3) is 4.28. The van der Waals surface area contributed by atoms with Crippen molar-refractivity contribution in [3.63, 3.8) is 0 Å². The fourth-order valence-electron chi connectivity index (χ4n) is 9.03. The minimum atomic E-state index is -2.24. The Morgan fingerprint density at radius 3 is 2.02 bits per heavy atom. The number of aliphatic hydroxyl groups is 2. The molecule has 7 atom stereocenters. The Morgan fingerprint density at radius 1 is 0.827 bits per heavy atom. The van der Waals surface area contributed by atoms with Crippen LogP contribution in [0.2, 0.25) is 0 Å². The highest BCUT2D eigenvalue weighted by atomic mass is 16.7. The predicted octanol–water partition coefficient (Wildman–Crippen LogP) is 3.21. The first-order chi connectivity index (χ1) is 24.2. The number of carbonyl (C=O) groups excluding carboxylic acids is 6. The van der Waals surface area contributed by atoms with Gasteiger partial charge in [0.15, 0.2) is 28.6 Å². The molecule has 1 heterocycles. The molecule has 1 saturated heterocycles. The third-order valence-electron chi connectivity index (χ3n) is 10.8. The lowest BCUT2D eigenvalue weighted by molar-refractivity contribution is -0.162. The van der Waals surface area contributed by atoms with Crippen molar-refractivity contribution in [3.05, 3.63) is 74.8 Å². The van der Waals surface area contributed by atoms with Gasteiger partial charge in [-0.15, -0.1) is 0 Å². The van der Waals surface area contributed by atoms with Gasteiger partial charge < -0.3 is 39.7 Å². The summed E-state index contributed by atoms with van der Waals surface area (Å²) in [5, 5.41) is 57.3. The minimum absolute atomic E-state index is 0.195. The van der Waals surface area contributed by atoms with E-state index in [-0.39, 0.29) is 33.4 Å². The van der Waals surface area contributed by atoms with Crippen molar-refractivity contribution >= 4 is 35.1 Å². The largest absolute Gasteiger partial charge is 0.507 e. The zero-order valence-electron chi connectivity index (χ0n) is 28.8. The van der Waals surface area contributed by atoms with Gasteiger partial charge in [0.25, 0.3) is 0 Å². The Labute approximate surface area is 295 Å². The number of phenolic OH excluding ortho intramolecular Hbond substituents is 3. The second-order valence-electron chi connectivity index (χ2n) is 14.1. The van der Waals surface area contributed by atoms with E-state index in [1.54, 1.807) is 6.92 Å². The summed E-state index contributed by atoms with van der Waals surface area (Å²) in [6.07, 6.45) is -4.67. The second kappa shape index (κ2) is 11.0. The van der Waals surface area contributed by atoms with Gasteiger partial charge in [0.1, 0.15) is 35.6 Å². The van der Waals surface area contributed by atoms with Crippen LogP contribution in [0, 0.1) is 12.8 Å². The molecule has 3 aromatic carbocycles. The first kappa shape index (κ1) is 35.0. The molecule has 14 heteroatoms. The molecule has 1 aliphatic heterocycles. The summed E-state index contributed by atoms with van der Waals surface area (Å²) in [4.78, 5) is 79.5. The summed E-state index contributed by atoms with van der Waals surface area (Å²) in [6, 6.07) is 6.15. The highest BCUT2D eigenvalue weighted by Gasteiger charge is 2.90.